The highest BCUT2D eigenvalue weighted by atomic mass is 32.2. The zero-order valence-electron chi connectivity index (χ0n) is 15.1. The Morgan fingerprint density at radius 3 is 2.43 bits per heavy atom. The lowest BCUT2D eigenvalue weighted by Crippen LogP contribution is -2.48. The Labute approximate surface area is 135 Å². The van der Waals surface area contributed by atoms with E-state index in [2.05, 4.69) is 46.9 Å². The van der Waals surface area contributed by atoms with Crippen LogP contribution in [0.1, 0.15) is 73.6 Å². The third kappa shape index (κ3) is 5.67. The second-order valence-electron chi connectivity index (χ2n) is 7.82. The van der Waals surface area contributed by atoms with Gasteiger partial charge in [-0.25, -0.2) is 0 Å². The molecular formula is C18H37NOS. The minimum atomic E-state index is -0.679. The molecule has 0 bridgehead atoms. The molecule has 4 atom stereocenters. The van der Waals surface area contributed by atoms with E-state index < -0.39 is 10.8 Å². The van der Waals surface area contributed by atoms with E-state index in [1.54, 1.807) is 0 Å². The Morgan fingerprint density at radius 1 is 1.24 bits per heavy atom. The van der Waals surface area contributed by atoms with Gasteiger partial charge in [0, 0.05) is 22.6 Å². The molecule has 0 radical (unpaired) electrons. The third-order valence-corrected chi connectivity index (χ3v) is 7.34. The monoisotopic (exact) mass is 315 g/mol. The summed E-state index contributed by atoms with van der Waals surface area (Å²) < 4.78 is 12.8. The fourth-order valence-corrected chi connectivity index (χ4v) is 5.47. The van der Waals surface area contributed by atoms with Gasteiger partial charge < -0.3 is 5.32 Å². The van der Waals surface area contributed by atoms with E-state index >= 15 is 0 Å². The summed E-state index contributed by atoms with van der Waals surface area (Å²) in [6.07, 6.45) is 5.93. The fraction of sp³-hybridized carbons (Fsp3) is 1.00. The number of rotatable bonds is 8. The molecule has 0 amide bonds. The Balaban J connectivity index is 2.74. The molecule has 1 saturated carbocycles. The number of nitrogens with one attached hydrogen (secondary N) is 1. The molecule has 0 saturated heterocycles. The summed E-state index contributed by atoms with van der Waals surface area (Å²) in [7, 11) is -0.679. The molecule has 4 unspecified atom stereocenters. The molecule has 0 spiro atoms. The molecule has 0 aromatic heterocycles. The van der Waals surface area contributed by atoms with Crippen molar-refractivity contribution in [2.75, 3.05) is 12.3 Å². The molecule has 1 rings (SSSR count). The summed E-state index contributed by atoms with van der Waals surface area (Å²) in [4.78, 5) is 0. The summed E-state index contributed by atoms with van der Waals surface area (Å²) >= 11 is 0. The van der Waals surface area contributed by atoms with Gasteiger partial charge in [-0.05, 0) is 49.5 Å². The minimum absolute atomic E-state index is 0.355. The SMILES string of the molecule is CCNC1CCC(C(C)(C)CC)CC1S(=O)CCC(C)C. The Morgan fingerprint density at radius 2 is 1.90 bits per heavy atom. The summed E-state index contributed by atoms with van der Waals surface area (Å²) in [6.45, 7) is 14.7. The van der Waals surface area contributed by atoms with E-state index in [9.17, 15) is 4.21 Å². The molecule has 0 heterocycles. The maximum atomic E-state index is 12.8. The van der Waals surface area contributed by atoms with Gasteiger partial charge in [-0.1, -0.05) is 48.0 Å². The van der Waals surface area contributed by atoms with Gasteiger partial charge in [-0.3, -0.25) is 4.21 Å². The van der Waals surface area contributed by atoms with Crippen molar-refractivity contribution in [1.82, 2.24) is 5.32 Å². The topological polar surface area (TPSA) is 29.1 Å². The molecule has 0 aliphatic heterocycles. The molecule has 1 aliphatic rings. The zero-order valence-corrected chi connectivity index (χ0v) is 15.9. The highest BCUT2D eigenvalue weighted by molar-refractivity contribution is 7.85. The first-order chi connectivity index (χ1) is 9.81. The molecular weight excluding hydrogens is 278 g/mol. The van der Waals surface area contributed by atoms with Crippen LogP contribution in [0.25, 0.3) is 0 Å². The van der Waals surface area contributed by atoms with Crippen LogP contribution < -0.4 is 5.32 Å². The average Bonchev–Trinajstić information content (AvgIpc) is 2.45. The van der Waals surface area contributed by atoms with Gasteiger partial charge in [0.15, 0.2) is 0 Å². The predicted octanol–water partition coefficient (Wildman–Crippen LogP) is 4.36. The van der Waals surface area contributed by atoms with E-state index in [0.29, 0.717) is 22.6 Å². The van der Waals surface area contributed by atoms with Crippen LogP contribution in [-0.2, 0) is 10.8 Å². The van der Waals surface area contributed by atoms with Gasteiger partial charge in [0.05, 0.1) is 5.25 Å². The summed E-state index contributed by atoms with van der Waals surface area (Å²) in [5, 5.41) is 3.95. The second-order valence-corrected chi connectivity index (χ2v) is 9.60. The Hall–Kier alpha value is 0.110. The van der Waals surface area contributed by atoms with Crippen LogP contribution in [0, 0.1) is 17.3 Å². The van der Waals surface area contributed by atoms with Gasteiger partial charge >= 0.3 is 0 Å². The van der Waals surface area contributed by atoms with E-state index in [-0.39, 0.29) is 0 Å². The first-order valence-electron chi connectivity index (χ1n) is 8.92. The van der Waals surface area contributed by atoms with Crippen molar-refractivity contribution < 1.29 is 4.21 Å². The van der Waals surface area contributed by atoms with E-state index in [1.165, 1.54) is 19.3 Å². The molecule has 0 aromatic carbocycles. The smallest absolute Gasteiger partial charge is 0.0504 e. The molecule has 21 heavy (non-hydrogen) atoms. The van der Waals surface area contributed by atoms with Crippen molar-refractivity contribution in [2.24, 2.45) is 17.3 Å². The predicted molar refractivity (Wildman–Crippen MR) is 95.1 cm³/mol. The molecule has 3 heteroatoms. The van der Waals surface area contributed by atoms with Crippen molar-refractivity contribution >= 4 is 10.8 Å². The van der Waals surface area contributed by atoms with Crippen LogP contribution in [0.2, 0.25) is 0 Å². The lowest BCUT2D eigenvalue weighted by Gasteiger charge is -2.43. The number of hydrogen-bond acceptors (Lipinski definition) is 2. The standard InChI is InChI=1S/C18H37NOS/c1-7-18(5,6)15-9-10-16(19-8-2)17(13-15)21(20)12-11-14(3)4/h14-17,19H,7-13H2,1-6H3. The van der Waals surface area contributed by atoms with Crippen LogP contribution >= 0.6 is 0 Å². The van der Waals surface area contributed by atoms with Crippen LogP contribution in [-0.4, -0.2) is 27.8 Å². The normalized spacial score (nSPS) is 28.8. The lowest BCUT2D eigenvalue weighted by atomic mass is 9.68. The van der Waals surface area contributed by atoms with E-state index in [4.69, 9.17) is 0 Å². The maximum absolute atomic E-state index is 12.8. The van der Waals surface area contributed by atoms with Crippen molar-refractivity contribution in [1.29, 1.82) is 0 Å². The molecule has 1 N–H and O–H groups in total. The maximum Gasteiger partial charge on any atom is 0.0504 e. The van der Waals surface area contributed by atoms with Crippen molar-refractivity contribution in [3.05, 3.63) is 0 Å². The molecule has 1 fully saturated rings. The van der Waals surface area contributed by atoms with Crippen LogP contribution in [0.5, 0.6) is 0 Å². The second kappa shape index (κ2) is 8.67. The fourth-order valence-electron chi connectivity index (χ4n) is 3.42. The largest absolute Gasteiger partial charge is 0.313 e. The van der Waals surface area contributed by atoms with Gasteiger partial charge in [-0.15, -0.1) is 0 Å². The highest BCUT2D eigenvalue weighted by Crippen LogP contribution is 2.41. The quantitative estimate of drug-likeness (QED) is 0.721. The molecule has 126 valence electrons. The van der Waals surface area contributed by atoms with E-state index in [0.717, 1.165) is 31.1 Å². The first kappa shape index (κ1) is 19.2. The van der Waals surface area contributed by atoms with Crippen LogP contribution in [0.3, 0.4) is 0 Å². The third-order valence-electron chi connectivity index (χ3n) is 5.51. The summed E-state index contributed by atoms with van der Waals surface area (Å²) in [5.41, 5.74) is 0.387. The summed E-state index contributed by atoms with van der Waals surface area (Å²) in [5.74, 6) is 2.26. The van der Waals surface area contributed by atoms with Crippen molar-refractivity contribution in [2.45, 2.75) is 84.9 Å². The van der Waals surface area contributed by atoms with Gasteiger partial charge in [0.1, 0.15) is 0 Å². The van der Waals surface area contributed by atoms with Gasteiger partial charge in [-0.2, -0.15) is 0 Å². The van der Waals surface area contributed by atoms with Crippen molar-refractivity contribution in [3.63, 3.8) is 0 Å². The Kier molecular flexibility index (Phi) is 7.91. The zero-order chi connectivity index (χ0) is 16.0. The van der Waals surface area contributed by atoms with Gasteiger partial charge in [0.2, 0.25) is 0 Å². The Bertz CT molecular complexity index is 327. The van der Waals surface area contributed by atoms with E-state index in [1.807, 2.05) is 0 Å². The van der Waals surface area contributed by atoms with Crippen LogP contribution in [0.15, 0.2) is 0 Å². The first-order valence-corrected chi connectivity index (χ1v) is 10.3. The number of hydrogen-bond donors (Lipinski definition) is 1. The lowest BCUT2D eigenvalue weighted by molar-refractivity contribution is 0.140. The molecule has 0 aromatic rings. The molecule has 1 aliphatic carbocycles. The van der Waals surface area contributed by atoms with Gasteiger partial charge in [0.25, 0.3) is 0 Å². The average molecular weight is 316 g/mol. The van der Waals surface area contributed by atoms with Crippen LogP contribution in [0.4, 0.5) is 0 Å². The highest BCUT2D eigenvalue weighted by Gasteiger charge is 2.39. The van der Waals surface area contributed by atoms with Crippen molar-refractivity contribution in [3.8, 4) is 0 Å². The molecule has 2 nitrogen and oxygen atoms in total. The minimum Gasteiger partial charge on any atom is -0.313 e. The summed E-state index contributed by atoms with van der Waals surface area (Å²) in [6, 6.07) is 0.465.